The number of hydrogen-bond donors (Lipinski definition) is 2. The number of benzene rings is 2. The number of hydrogen-bond acceptors (Lipinski definition) is 11. The molecule has 0 radical (unpaired) electrons. The molecular weight excluding hydrogens is 824 g/mol. The van der Waals surface area contributed by atoms with E-state index >= 15 is 8.78 Å². The molecule has 2 N–H and O–H groups in total. The van der Waals surface area contributed by atoms with Crippen molar-refractivity contribution < 1.29 is 41.8 Å². The number of nitrogens with zero attached hydrogens (tertiary/aromatic N) is 5. The summed E-state index contributed by atoms with van der Waals surface area (Å²) in [4.78, 5) is 64.3. The van der Waals surface area contributed by atoms with Crippen LogP contribution in [0.25, 0.3) is 11.3 Å². The van der Waals surface area contributed by atoms with Crippen LogP contribution in [0.5, 0.6) is 5.75 Å². The molecule has 336 valence electrons. The van der Waals surface area contributed by atoms with Crippen LogP contribution in [0.1, 0.15) is 87.4 Å². The number of ether oxygens (including phenoxy) is 2. The van der Waals surface area contributed by atoms with E-state index in [1.807, 2.05) is 11.8 Å². The van der Waals surface area contributed by atoms with E-state index in [2.05, 4.69) is 59.7 Å². The molecule has 62 heavy (non-hydrogen) atoms. The molecule has 4 amide bonds. The highest BCUT2D eigenvalue weighted by Crippen LogP contribution is 2.38. The van der Waals surface area contributed by atoms with Gasteiger partial charge in [-0.3, -0.25) is 29.0 Å². The maximum atomic E-state index is 15.5. The Morgan fingerprint density at radius 2 is 1.60 bits per heavy atom. The fraction of sp³-hybridized carbons (Fsp3) is 0.533. The largest absolute Gasteiger partial charge is 0.480 e. The first kappa shape index (κ1) is 46.5. The van der Waals surface area contributed by atoms with Crippen molar-refractivity contribution in [1.29, 1.82) is 0 Å². The van der Waals surface area contributed by atoms with Crippen LogP contribution in [-0.4, -0.2) is 117 Å². The number of amides is 4. The van der Waals surface area contributed by atoms with Gasteiger partial charge < -0.3 is 29.9 Å². The number of anilines is 2. The van der Waals surface area contributed by atoms with Gasteiger partial charge in [0, 0.05) is 56.8 Å². The molecule has 13 nitrogen and oxygen atoms in total. The van der Waals surface area contributed by atoms with E-state index in [-0.39, 0.29) is 45.4 Å². The third-order valence-corrected chi connectivity index (χ3v) is 12.8. The molecule has 4 heterocycles. The summed E-state index contributed by atoms with van der Waals surface area (Å²) in [5.41, 5.74) is 0.732. The molecule has 17 heteroatoms. The maximum absolute atomic E-state index is 15.5. The van der Waals surface area contributed by atoms with Gasteiger partial charge in [-0.1, -0.05) is 47.6 Å². The number of carbonyl (C=O) groups excluding carboxylic acids is 4. The third kappa shape index (κ3) is 11.0. The van der Waals surface area contributed by atoms with Crippen molar-refractivity contribution in [3.8, 4) is 17.0 Å². The van der Waals surface area contributed by atoms with Gasteiger partial charge in [-0.25, -0.2) is 13.8 Å². The van der Waals surface area contributed by atoms with Crippen LogP contribution in [0.15, 0.2) is 42.4 Å². The number of carbonyl (C=O) groups is 4. The van der Waals surface area contributed by atoms with Crippen molar-refractivity contribution in [1.82, 2.24) is 25.4 Å². The minimum Gasteiger partial charge on any atom is -0.480 e. The minimum absolute atomic E-state index is 0.0206. The molecule has 1 atom stereocenters. The van der Waals surface area contributed by atoms with E-state index in [1.54, 1.807) is 5.38 Å². The second-order valence-electron chi connectivity index (χ2n) is 17.7. The van der Waals surface area contributed by atoms with Crippen molar-refractivity contribution in [2.24, 2.45) is 10.8 Å². The van der Waals surface area contributed by atoms with E-state index in [9.17, 15) is 23.6 Å². The summed E-state index contributed by atoms with van der Waals surface area (Å²) in [5.74, 6) is -5.46. The lowest BCUT2D eigenvalue weighted by atomic mass is 9.77. The van der Waals surface area contributed by atoms with Gasteiger partial charge in [-0.05, 0) is 73.5 Å². The van der Waals surface area contributed by atoms with Crippen LogP contribution in [0.2, 0.25) is 0 Å². The molecule has 2 aromatic carbocycles. The molecule has 0 saturated carbocycles. The van der Waals surface area contributed by atoms with Gasteiger partial charge in [0.2, 0.25) is 11.7 Å². The Hall–Kier alpha value is -5.00. The van der Waals surface area contributed by atoms with Gasteiger partial charge >= 0.3 is 0 Å². The molecule has 2 fully saturated rings. The predicted molar refractivity (Wildman–Crippen MR) is 233 cm³/mol. The Morgan fingerprint density at radius 1 is 0.919 bits per heavy atom. The van der Waals surface area contributed by atoms with E-state index in [0.29, 0.717) is 71.1 Å². The van der Waals surface area contributed by atoms with Crippen molar-refractivity contribution in [3.63, 3.8) is 0 Å². The Labute approximate surface area is 365 Å². The Bertz CT molecular complexity index is 2130. The fourth-order valence-electron chi connectivity index (χ4n) is 7.89. The van der Waals surface area contributed by atoms with Crippen LogP contribution < -0.4 is 25.2 Å². The standard InChI is InChI=1S/C45H58F3N7O6S/c1-7-9-35(40(57)49-8-2)55-41(58)30-24-33(47)36(25-31(30)42(55)59)53-18-16-52(17-19-53)15-14-44(3,4)12-13-45(5,6)28-50-37(56)26-61-39-29(10-11-32(46)38(39)48)34-27-62-43(51-34)54-20-22-60-23-21-54/h8,10-11,24-25,27,35H,2,7,9,12-23,26,28H2,1,3-6H3,(H,49,57)(H,50,56). The molecule has 6 rings (SSSR count). The molecule has 0 aliphatic carbocycles. The number of halogens is 3. The molecule has 3 aromatic rings. The fourth-order valence-corrected chi connectivity index (χ4v) is 8.77. The average molecular weight is 882 g/mol. The van der Waals surface area contributed by atoms with Gasteiger partial charge in [-0.15, -0.1) is 11.3 Å². The lowest BCUT2D eigenvalue weighted by molar-refractivity contribution is -0.124. The van der Waals surface area contributed by atoms with E-state index < -0.39 is 53.7 Å². The highest BCUT2D eigenvalue weighted by molar-refractivity contribution is 7.14. The molecule has 3 aliphatic rings. The summed E-state index contributed by atoms with van der Waals surface area (Å²) < 4.78 is 55.9. The number of piperazine rings is 1. The van der Waals surface area contributed by atoms with Crippen LogP contribution in [0.4, 0.5) is 24.0 Å². The van der Waals surface area contributed by atoms with Crippen molar-refractivity contribution in [2.45, 2.75) is 72.8 Å². The Kier molecular flexibility index (Phi) is 15.0. The van der Waals surface area contributed by atoms with Crippen molar-refractivity contribution >= 4 is 45.8 Å². The normalized spacial score (nSPS) is 16.7. The predicted octanol–water partition coefficient (Wildman–Crippen LogP) is 6.63. The summed E-state index contributed by atoms with van der Waals surface area (Å²) in [5, 5.41) is 7.88. The van der Waals surface area contributed by atoms with Crippen LogP contribution >= 0.6 is 11.3 Å². The molecule has 3 aliphatic heterocycles. The summed E-state index contributed by atoms with van der Waals surface area (Å²) >= 11 is 1.39. The number of fused-ring (bicyclic) bond motifs is 1. The van der Waals surface area contributed by atoms with Crippen molar-refractivity contribution in [3.05, 3.63) is 71.0 Å². The highest BCUT2D eigenvalue weighted by Gasteiger charge is 2.43. The van der Waals surface area contributed by atoms with Gasteiger partial charge in [0.05, 0.1) is 35.7 Å². The number of morpholine rings is 1. The van der Waals surface area contributed by atoms with Gasteiger partial charge in [0.25, 0.3) is 17.7 Å². The molecule has 2 saturated heterocycles. The molecule has 1 unspecified atom stereocenters. The van der Waals surface area contributed by atoms with Gasteiger partial charge in [0.15, 0.2) is 23.3 Å². The van der Waals surface area contributed by atoms with E-state index in [0.717, 1.165) is 48.0 Å². The monoisotopic (exact) mass is 881 g/mol. The number of aromatic nitrogens is 1. The number of imide groups is 1. The Morgan fingerprint density at radius 3 is 2.27 bits per heavy atom. The van der Waals surface area contributed by atoms with Gasteiger partial charge in [-0.2, -0.15) is 4.39 Å². The first-order valence-corrected chi connectivity index (χ1v) is 22.2. The average Bonchev–Trinajstić information content (AvgIpc) is 3.84. The SMILES string of the molecule is C=CNC(=O)C(CCC)N1C(=O)c2cc(F)c(N3CCN(CCC(C)(C)CCC(C)(C)CNC(=O)COc4c(-c5csc(N6CCOCC6)n5)ccc(F)c4F)CC3)cc2C1=O. The topological polar surface area (TPSA) is 137 Å². The first-order chi connectivity index (χ1) is 29.5. The minimum atomic E-state index is -1.17. The number of nitrogens with one attached hydrogen (secondary N) is 2. The maximum Gasteiger partial charge on any atom is 0.262 e. The summed E-state index contributed by atoms with van der Waals surface area (Å²) in [6.45, 7) is 19.6. The second kappa shape index (κ2) is 20.0. The Balaban J connectivity index is 0.950. The number of thiazole rings is 1. The lowest BCUT2D eigenvalue weighted by Crippen LogP contribution is -2.48. The molecule has 0 bridgehead atoms. The second-order valence-corrected chi connectivity index (χ2v) is 18.5. The zero-order chi connectivity index (χ0) is 44.8. The third-order valence-electron chi connectivity index (χ3n) is 11.9. The smallest absolute Gasteiger partial charge is 0.262 e. The van der Waals surface area contributed by atoms with Crippen LogP contribution in [0.3, 0.4) is 0 Å². The van der Waals surface area contributed by atoms with E-state index in [1.165, 1.54) is 29.7 Å². The zero-order valence-electron chi connectivity index (χ0n) is 36.3. The molecular formula is C45H58F3N7O6S. The number of rotatable bonds is 19. The summed E-state index contributed by atoms with van der Waals surface area (Å²) in [6, 6.07) is 3.97. The molecule has 1 aromatic heterocycles. The summed E-state index contributed by atoms with van der Waals surface area (Å²) in [6.07, 6.45) is 4.65. The molecule has 0 spiro atoms. The highest BCUT2D eigenvalue weighted by atomic mass is 32.1. The summed E-state index contributed by atoms with van der Waals surface area (Å²) in [7, 11) is 0. The van der Waals surface area contributed by atoms with Gasteiger partial charge in [0.1, 0.15) is 11.9 Å². The van der Waals surface area contributed by atoms with Crippen LogP contribution in [-0.2, 0) is 14.3 Å². The first-order valence-electron chi connectivity index (χ1n) is 21.3. The lowest BCUT2D eigenvalue weighted by Gasteiger charge is -2.38. The zero-order valence-corrected chi connectivity index (χ0v) is 37.1. The quantitative estimate of drug-likeness (QED) is 0.126. The van der Waals surface area contributed by atoms with E-state index in [4.69, 9.17) is 9.47 Å². The van der Waals surface area contributed by atoms with Crippen molar-refractivity contribution in [2.75, 3.05) is 82.0 Å². The van der Waals surface area contributed by atoms with Crippen LogP contribution in [0, 0.1) is 28.3 Å².